The van der Waals surface area contributed by atoms with E-state index in [4.69, 9.17) is 9.47 Å². The second-order valence-corrected chi connectivity index (χ2v) is 6.82. The molecule has 25 heavy (non-hydrogen) atoms. The fourth-order valence-corrected chi connectivity index (χ4v) is 2.35. The van der Waals surface area contributed by atoms with Gasteiger partial charge in [-0.1, -0.05) is 32.9 Å². The molecule has 0 bridgehead atoms. The maximum atomic E-state index is 12.2. The average molecular weight is 339 g/mol. The third-order valence-corrected chi connectivity index (χ3v) is 3.82. The molecule has 1 aliphatic rings. The summed E-state index contributed by atoms with van der Waals surface area (Å²) in [6.07, 6.45) is 2.39. The van der Waals surface area contributed by atoms with Gasteiger partial charge in [-0.25, -0.2) is 5.43 Å². The number of amides is 1. The van der Waals surface area contributed by atoms with E-state index >= 15 is 0 Å². The Bertz CT molecular complexity index is 782. The topological polar surface area (TPSA) is 72.8 Å². The van der Waals surface area contributed by atoms with Crippen molar-refractivity contribution in [3.8, 4) is 11.5 Å². The molecule has 1 aromatic carbocycles. The predicted octanol–water partition coefficient (Wildman–Crippen LogP) is 2.67. The van der Waals surface area contributed by atoms with Crippen molar-refractivity contribution in [2.75, 3.05) is 6.61 Å². The fourth-order valence-electron chi connectivity index (χ4n) is 2.35. The monoisotopic (exact) mass is 339 g/mol. The van der Waals surface area contributed by atoms with Gasteiger partial charge < -0.3 is 9.47 Å². The normalized spacial score (nSPS) is 16.7. The number of ether oxygens (including phenoxy) is 2. The van der Waals surface area contributed by atoms with E-state index in [1.807, 2.05) is 30.3 Å². The Kier molecular flexibility index (Phi) is 4.70. The molecule has 3 rings (SSSR count). The molecule has 0 spiro atoms. The molecular weight excluding hydrogens is 318 g/mol. The number of benzene rings is 1. The molecule has 2 aromatic rings. The van der Waals surface area contributed by atoms with E-state index in [9.17, 15) is 4.79 Å². The van der Waals surface area contributed by atoms with E-state index in [1.54, 1.807) is 12.3 Å². The van der Waals surface area contributed by atoms with Gasteiger partial charge in [0.05, 0.1) is 11.9 Å². The molecule has 0 unspecified atom stereocenters. The fraction of sp³-hybridized carbons (Fsp3) is 0.316. The Balaban J connectivity index is 1.65. The molecule has 0 radical (unpaired) electrons. The maximum Gasteiger partial charge on any atom is 0.284 e. The summed E-state index contributed by atoms with van der Waals surface area (Å²) in [4.78, 5) is 16.3. The number of pyridine rings is 1. The number of carbonyl (C=O) groups excluding carboxylic acids is 1. The number of hydrogen-bond donors (Lipinski definition) is 1. The van der Waals surface area contributed by atoms with Gasteiger partial charge in [0.2, 0.25) is 6.10 Å². The zero-order chi connectivity index (χ0) is 17.9. The Morgan fingerprint density at radius 1 is 1.28 bits per heavy atom. The Labute approximate surface area is 146 Å². The van der Waals surface area contributed by atoms with Crippen molar-refractivity contribution in [3.05, 3.63) is 53.9 Å². The standard InChI is InChI=1S/C19H21N3O3/c1-19(2,3)13-7-8-15-16(10-13)25-17(12-24-15)18(23)22-21-11-14-6-4-5-9-20-14/h4-11,17H,12H2,1-3H3,(H,22,23)/b21-11+/t17-/m1/s1. The van der Waals surface area contributed by atoms with Crippen molar-refractivity contribution in [1.29, 1.82) is 0 Å². The van der Waals surface area contributed by atoms with E-state index in [0.29, 0.717) is 17.2 Å². The van der Waals surface area contributed by atoms with Gasteiger partial charge in [0.15, 0.2) is 11.5 Å². The molecular formula is C19H21N3O3. The van der Waals surface area contributed by atoms with Crippen molar-refractivity contribution in [1.82, 2.24) is 10.4 Å². The molecule has 1 amide bonds. The first kappa shape index (κ1) is 17.0. The van der Waals surface area contributed by atoms with Gasteiger partial charge in [0.25, 0.3) is 5.91 Å². The summed E-state index contributed by atoms with van der Waals surface area (Å²) >= 11 is 0. The number of nitrogens with zero attached hydrogens (tertiary/aromatic N) is 2. The van der Waals surface area contributed by atoms with Gasteiger partial charge in [-0.15, -0.1) is 0 Å². The van der Waals surface area contributed by atoms with E-state index in [-0.39, 0.29) is 17.9 Å². The van der Waals surface area contributed by atoms with Crippen molar-refractivity contribution in [2.45, 2.75) is 32.3 Å². The van der Waals surface area contributed by atoms with Crippen LogP contribution in [0.1, 0.15) is 32.0 Å². The van der Waals surface area contributed by atoms with Gasteiger partial charge in [-0.3, -0.25) is 9.78 Å². The number of hydrogen-bond acceptors (Lipinski definition) is 5. The molecule has 2 heterocycles. The molecule has 0 aliphatic carbocycles. The highest BCUT2D eigenvalue weighted by Gasteiger charge is 2.28. The third-order valence-electron chi connectivity index (χ3n) is 3.82. The number of aromatic nitrogens is 1. The second-order valence-electron chi connectivity index (χ2n) is 6.82. The lowest BCUT2D eigenvalue weighted by molar-refractivity contribution is -0.130. The number of rotatable bonds is 3. The van der Waals surface area contributed by atoms with Crippen LogP contribution in [-0.2, 0) is 10.2 Å². The maximum absolute atomic E-state index is 12.2. The predicted molar refractivity (Wildman–Crippen MR) is 95.0 cm³/mol. The number of hydrazone groups is 1. The smallest absolute Gasteiger partial charge is 0.284 e. The first-order chi connectivity index (χ1) is 11.9. The minimum atomic E-state index is -0.747. The van der Waals surface area contributed by atoms with E-state index in [2.05, 4.69) is 36.3 Å². The van der Waals surface area contributed by atoms with Crippen LogP contribution in [0.5, 0.6) is 11.5 Å². The van der Waals surface area contributed by atoms with Crippen molar-refractivity contribution < 1.29 is 14.3 Å². The van der Waals surface area contributed by atoms with Crippen LogP contribution in [0.15, 0.2) is 47.7 Å². The molecule has 6 nitrogen and oxygen atoms in total. The highest BCUT2D eigenvalue weighted by Crippen LogP contribution is 2.36. The van der Waals surface area contributed by atoms with Crippen LogP contribution < -0.4 is 14.9 Å². The lowest BCUT2D eigenvalue weighted by atomic mass is 9.87. The summed E-state index contributed by atoms with van der Waals surface area (Å²) in [5, 5.41) is 3.91. The van der Waals surface area contributed by atoms with Gasteiger partial charge >= 0.3 is 0 Å². The molecule has 6 heteroatoms. The third kappa shape index (κ3) is 4.15. The Morgan fingerprint density at radius 2 is 2.12 bits per heavy atom. The first-order valence-electron chi connectivity index (χ1n) is 8.11. The van der Waals surface area contributed by atoms with Crippen molar-refractivity contribution in [2.24, 2.45) is 5.10 Å². The summed E-state index contributed by atoms with van der Waals surface area (Å²) in [6.45, 7) is 6.51. The zero-order valence-corrected chi connectivity index (χ0v) is 14.5. The molecule has 0 saturated carbocycles. The van der Waals surface area contributed by atoms with Crippen LogP contribution in [0.25, 0.3) is 0 Å². The summed E-state index contributed by atoms with van der Waals surface area (Å²) < 4.78 is 11.4. The molecule has 1 aromatic heterocycles. The van der Waals surface area contributed by atoms with E-state index < -0.39 is 6.10 Å². The Morgan fingerprint density at radius 3 is 2.84 bits per heavy atom. The van der Waals surface area contributed by atoms with Gasteiger partial charge in [0, 0.05) is 6.20 Å². The van der Waals surface area contributed by atoms with E-state index in [1.165, 1.54) is 6.21 Å². The number of fused-ring (bicyclic) bond motifs is 1. The molecule has 1 aliphatic heterocycles. The largest absolute Gasteiger partial charge is 0.485 e. The SMILES string of the molecule is CC(C)(C)c1ccc2c(c1)O[C@@H](C(=O)N/N=C/c1ccccn1)CO2. The second kappa shape index (κ2) is 6.93. The molecule has 1 atom stereocenters. The van der Waals surface area contributed by atoms with Crippen LogP contribution in [0, 0.1) is 0 Å². The van der Waals surface area contributed by atoms with Crippen LogP contribution >= 0.6 is 0 Å². The summed E-state index contributed by atoms with van der Waals surface area (Å²) in [5.41, 5.74) is 4.22. The van der Waals surface area contributed by atoms with Gasteiger partial charge in [-0.2, -0.15) is 5.10 Å². The molecule has 1 N–H and O–H groups in total. The van der Waals surface area contributed by atoms with Crippen molar-refractivity contribution in [3.63, 3.8) is 0 Å². The zero-order valence-electron chi connectivity index (χ0n) is 14.5. The lowest BCUT2D eigenvalue weighted by Crippen LogP contribution is -2.42. The minimum Gasteiger partial charge on any atom is -0.485 e. The minimum absolute atomic E-state index is 0.0133. The lowest BCUT2D eigenvalue weighted by Gasteiger charge is -2.27. The molecule has 0 fully saturated rings. The molecule has 130 valence electrons. The molecule has 0 saturated heterocycles. The van der Waals surface area contributed by atoms with Gasteiger partial charge in [0.1, 0.15) is 6.61 Å². The summed E-state index contributed by atoms with van der Waals surface area (Å²) in [7, 11) is 0. The summed E-state index contributed by atoms with van der Waals surface area (Å²) in [5.74, 6) is 0.862. The van der Waals surface area contributed by atoms with Crippen molar-refractivity contribution >= 4 is 12.1 Å². The number of nitrogens with one attached hydrogen (secondary N) is 1. The number of carbonyl (C=O) groups is 1. The van der Waals surface area contributed by atoms with E-state index in [0.717, 1.165) is 5.56 Å². The average Bonchev–Trinajstić information content (AvgIpc) is 2.61. The van der Waals surface area contributed by atoms with Crippen LogP contribution in [-0.4, -0.2) is 29.8 Å². The summed E-state index contributed by atoms with van der Waals surface area (Å²) in [6, 6.07) is 11.3. The van der Waals surface area contributed by atoms with Gasteiger partial charge in [-0.05, 0) is 35.2 Å². The highest BCUT2D eigenvalue weighted by atomic mass is 16.6. The van der Waals surface area contributed by atoms with Crippen LogP contribution in [0.3, 0.4) is 0 Å². The Hall–Kier alpha value is -2.89. The quantitative estimate of drug-likeness (QED) is 0.689. The van der Waals surface area contributed by atoms with Crippen LogP contribution in [0.2, 0.25) is 0 Å². The van der Waals surface area contributed by atoms with Crippen LogP contribution in [0.4, 0.5) is 0 Å². The highest BCUT2D eigenvalue weighted by molar-refractivity contribution is 5.84. The first-order valence-corrected chi connectivity index (χ1v) is 8.11.